The van der Waals surface area contributed by atoms with Gasteiger partial charge in [-0.2, -0.15) is 0 Å². The number of anilines is 1. The number of benzene rings is 1. The number of nitrogens with zero attached hydrogens (tertiary/aromatic N) is 2. The Labute approximate surface area is 155 Å². The Morgan fingerprint density at radius 3 is 2.08 bits per heavy atom. The minimum Gasteiger partial charge on any atom is -0.333 e. The average Bonchev–Trinajstić information content (AvgIpc) is 2.70. The van der Waals surface area contributed by atoms with Gasteiger partial charge in [0, 0.05) is 17.6 Å². The second kappa shape index (κ2) is 6.37. The highest BCUT2D eigenvalue weighted by Gasteiger charge is 2.49. The molecular formula is C19H26N2O4S. The predicted molar refractivity (Wildman–Crippen MR) is 100 cm³/mol. The molecule has 1 aromatic rings. The van der Waals surface area contributed by atoms with E-state index in [-0.39, 0.29) is 29.4 Å². The molecule has 2 heterocycles. The number of hydrogen-bond acceptors (Lipinski definition) is 4. The van der Waals surface area contributed by atoms with Crippen LogP contribution in [0.25, 0.3) is 0 Å². The largest absolute Gasteiger partial charge is 0.333 e. The van der Waals surface area contributed by atoms with Gasteiger partial charge in [-0.1, -0.05) is 0 Å². The molecule has 0 spiro atoms. The van der Waals surface area contributed by atoms with Gasteiger partial charge in [0.2, 0.25) is 15.9 Å². The van der Waals surface area contributed by atoms with E-state index in [0.717, 1.165) is 23.6 Å². The van der Waals surface area contributed by atoms with Crippen molar-refractivity contribution in [2.75, 3.05) is 10.1 Å². The fourth-order valence-electron chi connectivity index (χ4n) is 3.97. The third-order valence-electron chi connectivity index (χ3n) is 5.36. The summed E-state index contributed by atoms with van der Waals surface area (Å²) in [7, 11) is -3.68. The smallest absolute Gasteiger partial charge is 0.254 e. The monoisotopic (exact) mass is 378 g/mol. The van der Waals surface area contributed by atoms with Crippen molar-refractivity contribution in [3.63, 3.8) is 0 Å². The maximum Gasteiger partial charge on any atom is 0.254 e. The zero-order valence-electron chi connectivity index (χ0n) is 15.7. The van der Waals surface area contributed by atoms with Crippen molar-refractivity contribution in [1.29, 1.82) is 0 Å². The molecule has 2 aliphatic rings. The van der Waals surface area contributed by atoms with Crippen molar-refractivity contribution in [2.24, 2.45) is 5.41 Å². The van der Waals surface area contributed by atoms with Crippen LogP contribution < -0.4 is 4.31 Å². The Morgan fingerprint density at radius 2 is 1.62 bits per heavy atom. The van der Waals surface area contributed by atoms with Gasteiger partial charge in [0.05, 0.1) is 16.9 Å². The van der Waals surface area contributed by atoms with Crippen LogP contribution in [0.2, 0.25) is 0 Å². The van der Waals surface area contributed by atoms with Crippen LogP contribution in [0.3, 0.4) is 0 Å². The Bertz CT molecular complexity index is 820. The minimum atomic E-state index is -3.68. The summed E-state index contributed by atoms with van der Waals surface area (Å²) in [6.45, 7) is 7.37. The lowest BCUT2D eigenvalue weighted by Crippen LogP contribution is -2.47. The molecule has 6 nitrogen and oxygen atoms in total. The van der Waals surface area contributed by atoms with Crippen LogP contribution in [0.4, 0.5) is 5.69 Å². The molecule has 2 amide bonds. The summed E-state index contributed by atoms with van der Waals surface area (Å²) < 4.78 is 25.6. The van der Waals surface area contributed by atoms with E-state index < -0.39 is 21.3 Å². The first kappa shape index (κ1) is 18.9. The number of hydrogen-bond donors (Lipinski definition) is 0. The number of rotatable bonds is 2. The number of amides is 2. The summed E-state index contributed by atoms with van der Waals surface area (Å²) >= 11 is 0. The van der Waals surface area contributed by atoms with Crippen LogP contribution in [0.1, 0.15) is 57.3 Å². The average molecular weight is 378 g/mol. The maximum atomic E-state index is 12.9. The number of piperidine rings is 1. The van der Waals surface area contributed by atoms with Gasteiger partial charge in [-0.05, 0) is 71.2 Å². The van der Waals surface area contributed by atoms with Crippen molar-refractivity contribution < 1.29 is 18.0 Å². The van der Waals surface area contributed by atoms with Gasteiger partial charge in [-0.25, -0.2) is 12.7 Å². The molecule has 0 aliphatic carbocycles. The summed E-state index contributed by atoms with van der Waals surface area (Å²) in [4.78, 5) is 27.2. The first-order valence-corrected chi connectivity index (χ1v) is 10.7. The fourth-order valence-corrected chi connectivity index (χ4v) is 6.08. The summed E-state index contributed by atoms with van der Waals surface area (Å²) in [6.07, 6.45) is 3.10. The summed E-state index contributed by atoms with van der Waals surface area (Å²) in [6, 6.07) is 6.69. The van der Waals surface area contributed by atoms with Crippen LogP contribution in [0, 0.1) is 5.41 Å². The van der Waals surface area contributed by atoms with Crippen LogP contribution in [0.5, 0.6) is 0 Å². The van der Waals surface area contributed by atoms with Crippen molar-refractivity contribution in [2.45, 2.75) is 59.0 Å². The Kier molecular flexibility index (Phi) is 4.63. The van der Waals surface area contributed by atoms with Crippen molar-refractivity contribution in [3.05, 3.63) is 29.8 Å². The first-order valence-electron chi connectivity index (χ1n) is 9.05. The Hall–Kier alpha value is -1.89. The zero-order valence-corrected chi connectivity index (χ0v) is 16.5. The molecule has 7 heteroatoms. The number of sulfonamides is 1. The van der Waals surface area contributed by atoms with Gasteiger partial charge in [0.25, 0.3) is 5.91 Å². The van der Waals surface area contributed by atoms with E-state index in [1.165, 1.54) is 0 Å². The van der Waals surface area contributed by atoms with Gasteiger partial charge in [-0.3, -0.25) is 9.59 Å². The molecule has 2 aliphatic heterocycles. The molecule has 0 unspecified atom stereocenters. The van der Waals surface area contributed by atoms with Gasteiger partial charge in [-0.15, -0.1) is 0 Å². The molecule has 0 aromatic heterocycles. The topological polar surface area (TPSA) is 74.8 Å². The highest BCUT2D eigenvalue weighted by molar-refractivity contribution is 7.94. The number of likely N-dealkylation sites (tertiary alicyclic amines) is 1. The second-order valence-corrected chi connectivity index (χ2v) is 9.92. The quantitative estimate of drug-likeness (QED) is 0.793. The summed E-state index contributed by atoms with van der Waals surface area (Å²) in [5.74, 6) is -0.690. The highest BCUT2D eigenvalue weighted by Crippen LogP contribution is 2.36. The van der Waals surface area contributed by atoms with E-state index in [1.807, 2.05) is 4.90 Å². The molecule has 2 atom stereocenters. The second-order valence-electron chi connectivity index (χ2n) is 8.10. The SMILES string of the molecule is C[C@@H]1CCC[C@H](C)N1C(=O)c1ccc(N2C(=O)C(C)(C)CS2(=O)=O)cc1. The molecule has 0 N–H and O–H groups in total. The van der Waals surface area contributed by atoms with Crippen LogP contribution >= 0.6 is 0 Å². The van der Waals surface area contributed by atoms with Gasteiger partial charge in [0.1, 0.15) is 0 Å². The molecule has 0 bridgehead atoms. The molecule has 2 saturated heterocycles. The van der Waals surface area contributed by atoms with E-state index in [9.17, 15) is 18.0 Å². The third kappa shape index (κ3) is 3.13. The lowest BCUT2D eigenvalue weighted by atomic mass is 9.95. The van der Waals surface area contributed by atoms with Gasteiger partial charge >= 0.3 is 0 Å². The lowest BCUT2D eigenvalue weighted by Gasteiger charge is -2.39. The Morgan fingerprint density at radius 1 is 1.08 bits per heavy atom. The van der Waals surface area contributed by atoms with Crippen LogP contribution in [0.15, 0.2) is 24.3 Å². The van der Waals surface area contributed by atoms with Crippen molar-refractivity contribution in [3.8, 4) is 0 Å². The molecule has 0 radical (unpaired) electrons. The Balaban J connectivity index is 1.87. The van der Waals surface area contributed by atoms with Crippen LogP contribution in [-0.2, 0) is 14.8 Å². The van der Waals surface area contributed by atoms with E-state index in [2.05, 4.69) is 13.8 Å². The summed E-state index contributed by atoms with van der Waals surface area (Å²) in [5, 5.41) is 0. The van der Waals surface area contributed by atoms with Crippen LogP contribution in [-0.4, -0.2) is 43.0 Å². The molecule has 3 rings (SSSR count). The lowest BCUT2D eigenvalue weighted by molar-refractivity contribution is -0.123. The van der Waals surface area contributed by atoms with Gasteiger partial charge < -0.3 is 4.90 Å². The third-order valence-corrected chi connectivity index (χ3v) is 7.38. The molecule has 1 aromatic carbocycles. The normalized spacial score (nSPS) is 27.6. The number of carbonyl (C=O) groups is 2. The summed E-state index contributed by atoms with van der Waals surface area (Å²) in [5.41, 5.74) is -0.138. The molecular weight excluding hydrogens is 352 g/mol. The van der Waals surface area contributed by atoms with Gasteiger partial charge in [0.15, 0.2) is 0 Å². The molecule has 142 valence electrons. The first-order chi connectivity index (χ1) is 12.0. The highest BCUT2D eigenvalue weighted by atomic mass is 32.2. The van der Waals surface area contributed by atoms with Crippen molar-refractivity contribution in [1.82, 2.24) is 4.90 Å². The minimum absolute atomic E-state index is 0.0489. The molecule has 2 fully saturated rings. The van der Waals surface area contributed by atoms with Crippen molar-refractivity contribution >= 4 is 27.5 Å². The zero-order chi connectivity index (χ0) is 19.3. The van der Waals surface area contributed by atoms with E-state index in [4.69, 9.17) is 0 Å². The van der Waals surface area contributed by atoms with E-state index >= 15 is 0 Å². The predicted octanol–water partition coefficient (Wildman–Crippen LogP) is 2.79. The van der Waals surface area contributed by atoms with E-state index in [1.54, 1.807) is 38.1 Å². The number of carbonyl (C=O) groups excluding carboxylic acids is 2. The fraction of sp³-hybridized carbons (Fsp3) is 0.579. The van der Waals surface area contributed by atoms with E-state index in [0.29, 0.717) is 5.56 Å². The molecule has 26 heavy (non-hydrogen) atoms. The standard InChI is InChI=1S/C19H26N2O4S/c1-13-6-5-7-14(2)20(13)17(22)15-8-10-16(11-9-15)21-18(23)19(3,4)12-26(21,24)25/h8-11,13-14H,5-7,12H2,1-4H3/t13-,14+. The maximum absolute atomic E-state index is 12.9. The molecule has 0 saturated carbocycles.